The summed E-state index contributed by atoms with van der Waals surface area (Å²) >= 11 is 1.33. The van der Waals surface area contributed by atoms with Crippen molar-refractivity contribution >= 4 is 22.4 Å². The first-order chi connectivity index (χ1) is 9.63. The number of anilines is 1. The average Bonchev–Trinajstić information content (AvgIpc) is 2.84. The third-order valence-electron chi connectivity index (χ3n) is 2.41. The van der Waals surface area contributed by atoms with Crippen molar-refractivity contribution in [3.05, 3.63) is 35.3 Å². The third kappa shape index (κ3) is 4.62. The second-order valence-corrected chi connectivity index (χ2v) is 5.81. The number of carbonyl (C=O) groups excluding carboxylic acids is 1. The summed E-state index contributed by atoms with van der Waals surface area (Å²) in [7, 11) is 0. The lowest BCUT2D eigenvalue weighted by atomic mass is 10.1. The summed E-state index contributed by atoms with van der Waals surface area (Å²) in [5, 5.41) is 11.9. The van der Waals surface area contributed by atoms with Crippen molar-refractivity contribution in [3.63, 3.8) is 0 Å². The van der Waals surface area contributed by atoms with E-state index in [1.165, 1.54) is 11.3 Å². The fraction of sp³-hybridized carbons (Fsp3) is 0.357. The van der Waals surface area contributed by atoms with E-state index in [0.29, 0.717) is 24.1 Å². The minimum absolute atomic E-state index is 0.0355. The van der Waals surface area contributed by atoms with Crippen molar-refractivity contribution in [2.24, 2.45) is 5.92 Å². The molecule has 0 aliphatic heterocycles. The number of nitrogens with zero attached hydrogens (tertiary/aromatic N) is 2. The van der Waals surface area contributed by atoms with Gasteiger partial charge < -0.3 is 10.1 Å². The molecule has 1 aromatic heterocycles. The number of nitrogens with one attached hydrogen (secondary N) is 1. The second-order valence-electron chi connectivity index (χ2n) is 4.75. The van der Waals surface area contributed by atoms with Crippen LogP contribution in [0.25, 0.3) is 0 Å². The molecule has 2 rings (SSSR count). The summed E-state index contributed by atoms with van der Waals surface area (Å²) < 4.78 is 5.57. The highest BCUT2D eigenvalue weighted by Gasteiger charge is 2.10. The van der Waals surface area contributed by atoms with Gasteiger partial charge in [-0.2, -0.15) is 0 Å². The summed E-state index contributed by atoms with van der Waals surface area (Å²) in [4.78, 5) is 11.6. The van der Waals surface area contributed by atoms with Gasteiger partial charge in [0.1, 0.15) is 12.4 Å². The van der Waals surface area contributed by atoms with Crippen LogP contribution in [0.15, 0.2) is 30.3 Å². The van der Waals surface area contributed by atoms with Gasteiger partial charge in [-0.25, -0.2) is 0 Å². The summed E-state index contributed by atoms with van der Waals surface area (Å²) in [5.74, 6) is 1.07. The molecule has 0 saturated carbocycles. The van der Waals surface area contributed by atoms with Gasteiger partial charge in [-0.15, -0.1) is 10.2 Å². The fourth-order valence-corrected chi connectivity index (χ4v) is 2.23. The minimum Gasteiger partial charge on any atom is -0.486 e. The van der Waals surface area contributed by atoms with Gasteiger partial charge in [0.05, 0.1) is 0 Å². The Bertz CT molecular complexity index is 555. The van der Waals surface area contributed by atoms with Crippen LogP contribution in [0.3, 0.4) is 0 Å². The monoisotopic (exact) mass is 291 g/mol. The Hall–Kier alpha value is -1.95. The molecule has 2 aromatic rings. The van der Waals surface area contributed by atoms with Crippen molar-refractivity contribution in [2.45, 2.75) is 26.9 Å². The van der Waals surface area contributed by atoms with Crippen LogP contribution < -0.4 is 10.1 Å². The van der Waals surface area contributed by atoms with Gasteiger partial charge in [0.25, 0.3) is 0 Å². The maximum atomic E-state index is 11.6. The largest absolute Gasteiger partial charge is 0.486 e. The van der Waals surface area contributed by atoms with Crippen LogP contribution >= 0.6 is 11.3 Å². The SMILES string of the molecule is CC(C)CC(=O)Nc1nnc(COc2ccccc2)s1. The van der Waals surface area contributed by atoms with E-state index in [1.807, 2.05) is 44.2 Å². The number of para-hydroxylation sites is 1. The first-order valence-corrected chi connectivity index (χ1v) is 7.25. The highest BCUT2D eigenvalue weighted by molar-refractivity contribution is 7.15. The molecule has 106 valence electrons. The van der Waals surface area contributed by atoms with E-state index in [2.05, 4.69) is 15.5 Å². The number of carbonyl (C=O) groups is 1. The summed E-state index contributed by atoms with van der Waals surface area (Å²) in [6, 6.07) is 9.51. The Morgan fingerprint density at radius 1 is 1.30 bits per heavy atom. The van der Waals surface area contributed by atoms with E-state index in [0.717, 1.165) is 10.8 Å². The van der Waals surface area contributed by atoms with E-state index in [-0.39, 0.29) is 5.91 Å². The van der Waals surface area contributed by atoms with Crippen molar-refractivity contribution in [1.82, 2.24) is 10.2 Å². The van der Waals surface area contributed by atoms with E-state index in [1.54, 1.807) is 0 Å². The number of aromatic nitrogens is 2. The van der Waals surface area contributed by atoms with Crippen LogP contribution in [0.4, 0.5) is 5.13 Å². The molecule has 1 amide bonds. The lowest BCUT2D eigenvalue weighted by molar-refractivity contribution is -0.116. The number of benzene rings is 1. The van der Waals surface area contributed by atoms with E-state index in [4.69, 9.17) is 4.74 Å². The summed E-state index contributed by atoms with van der Waals surface area (Å²) in [6.45, 7) is 4.35. The molecular weight excluding hydrogens is 274 g/mol. The molecule has 20 heavy (non-hydrogen) atoms. The molecule has 0 bridgehead atoms. The molecular formula is C14H17N3O2S. The predicted molar refractivity (Wildman–Crippen MR) is 78.8 cm³/mol. The summed E-state index contributed by atoms with van der Waals surface area (Å²) in [5.41, 5.74) is 0. The van der Waals surface area contributed by atoms with Gasteiger partial charge >= 0.3 is 0 Å². The molecule has 0 aliphatic carbocycles. The highest BCUT2D eigenvalue weighted by Crippen LogP contribution is 2.18. The standard InChI is InChI=1S/C14H17N3O2S/c1-10(2)8-12(18)15-14-17-16-13(20-14)9-19-11-6-4-3-5-7-11/h3-7,10H,8-9H2,1-2H3,(H,15,17,18). The topological polar surface area (TPSA) is 64.1 Å². The Morgan fingerprint density at radius 3 is 2.75 bits per heavy atom. The first kappa shape index (κ1) is 14.5. The van der Waals surface area contributed by atoms with Crippen LogP contribution in [0, 0.1) is 5.92 Å². The van der Waals surface area contributed by atoms with Crippen molar-refractivity contribution in [1.29, 1.82) is 0 Å². The molecule has 0 unspecified atom stereocenters. The fourth-order valence-electron chi connectivity index (χ4n) is 1.57. The zero-order valence-electron chi connectivity index (χ0n) is 11.5. The molecule has 0 saturated heterocycles. The van der Waals surface area contributed by atoms with E-state index in [9.17, 15) is 4.79 Å². The van der Waals surface area contributed by atoms with Crippen molar-refractivity contribution in [3.8, 4) is 5.75 Å². The molecule has 0 spiro atoms. The smallest absolute Gasteiger partial charge is 0.226 e. The number of amides is 1. The van der Waals surface area contributed by atoms with E-state index < -0.39 is 0 Å². The normalized spacial score (nSPS) is 10.6. The lowest BCUT2D eigenvalue weighted by Gasteiger charge is -2.03. The Morgan fingerprint density at radius 2 is 2.05 bits per heavy atom. The molecule has 6 heteroatoms. The van der Waals surface area contributed by atoms with Gasteiger partial charge in [0.2, 0.25) is 11.0 Å². The van der Waals surface area contributed by atoms with Crippen LogP contribution in [0.1, 0.15) is 25.3 Å². The molecule has 0 aliphatic rings. The van der Waals surface area contributed by atoms with Crippen LogP contribution in [0.5, 0.6) is 5.75 Å². The van der Waals surface area contributed by atoms with Gasteiger partial charge in [0.15, 0.2) is 5.01 Å². The number of hydrogen-bond donors (Lipinski definition) is 1. The van der Waals surface area contributed by atoms with Crippen LogP contribution in [-0.2, 0) is 11.4 Å². The van der Waals surface area contributed by atoms with Crippen molar-refractivity contribution < 1.29 is 9.53 Å². The van der Waals surface area contributed by atoms with Gasteiger partial charge in [0, 0.05) is 6.42 Å². The molecule has 5 nitrogen and oxygen atoms in total. The minimum atomic E-state index is -0.0355. The molecule has 0 radical (unpaired) electrons. The zero-order chi connectivity index (χ0) is 14.4. The maximum Gasteiger partial charge on any atom is 0.226 e. The number of rotatable bonds is 6. The predicted octanol–water partition coefficient (Wildman–Crippen LogP) is 3.10. The Kier molecular flexibility index (Phi) is 5.06. The number of ether oxygens (including phenoxy) is 1. The highest BCUT2D eigenvalue weighted by atomic mass is 32.1. The Balaban J connectivity index is 1.84. The number of hydrogen-bond acceptors (Lipinski definition) is 5. The molecule has 1 N–H and O–H groups in total. The molecule has 0 fully saturated rings. The Labute approximate surface area is 122 Å². The second kappa shape index (κ2) is 7.00. The molecule has 0 atom stereocenters. The van der Waals surface area contributed by atoms with E-state index >= 15 is 0 Å². The quantitative estimate of drug-likeness (QED) is 0.888. The maximum absolute atomic E-state index is 11.6. The van der Waals surface area contributed by atoms with Gasteiger partial charge in [-0.1, -0.05) is 43.4 Å². The zero-order valence-corrected chi connectivity index (χ0v) is 12.3. The van der Waals surface area contributed by atoms with Gasteiger partial charge in [-0.05, 0) is 18.1 Å². The van der Waals surface area contributed by atoms with Crippen LogP contribution in [-0.4, -0.2) is 16.1 Å². The average molecular weight is 291 g/mol. The molecule has 1 aromatic carbocycles. The van der Waals surface area contributed by atoms with Crippen LogP contribution in [0.2, 0.25) is 0 Å². The first-order valence-electron chi connectivity index (χ1n) is 6.43. The molecule has 1 heterocycles. The summed E-state index contributed by atoms with van der Waals surface area (Å²) in [6.07, 6.45) is 0.482. The van der Waals surface area contributed by atoms with Gasteiger partial charge in [-0.3, -0.25) is 4.79 Å². The van der Waals surface area contributed by atoms with Crippen molar-refractivity contribution in [2.75, 3.05) is 5.32 Å². The lowest BCUT2D eigenvalue weighted by Crippen LogP contribution is -2.13. The third-order valence-corrected chi connectivity index (χ3v) is 3.22.